The maximum atomic E-state index is 12.9. The second-order valence-electron chi connectivity index (χ2n) is 5.42. The molecule has 21 heavy (non-hydrogen) atoms. The Morgan fingerprint density at radius 3 is 2.95 bits per heavy atom. The summed E-state index contributed by atoms with van der Waals surface area (Å²) in [5.41, 5.74) is 0.848. The molecule has 0 saturated carbocycles. The van der Waals surface area contributed by atoms with Crippen LogP contribution in [-0.4, -0.2) is 30.1 Å². The third kappa shape index (κ3) is 3.79. The predicted octanol–water partition coefficient (Wildman–Crippen LogP) is 4.72. The van der Waals surface area contributed by atoms with Crippen LogP contribution in [0.1, 0.15) is 32.6 Å². The maximum Gasteiger partial charge on any atom is 0.325 e. The van der Waals surface area contributed by atoms with Crippen molar-refractivity contribution in [3.8, 4) is 0 Å². The number of hydrogen-bond acceptors (Lipinski definition) is 1. The molecular formula is C17H23ClN2O. The third-order valence-corrected chi connectivity index (χ3v) is 4.11. The van der Waals surface area contributed by atoms with Crippen LogP contribution in [0.3, 0.4) is 0 Å². The smallest absolute Gasteiger partial charge is 0.324 e. The molecule has 1 atom stereocenters. The molecule has 0 aromatic heterocycles. The van der Waals surface area contributed by atoms with Crippen LogP contribution in [0.5, 0.6) is 0 Å². The fourth-order valence-corrected chi connectivity index (χ4v) is 2.90. The standard InChI is InChI=1S/C17H23ClN2O/c1-3-5-11-19-12-7-10-15(4-2)20(17(19)21)16-9-6-8-14(18)13-16/h4,6,8-9,13,15H,2-3,5,7,10-12H2,1H3. The fraction of sp³-hybridized carbons (Fsp3) is 0.471. The molecule has 1 aliphatic rings. The number of anilines is 1. The van der Waals surface area contributed by atoms with E-state index in [9.17, 15) is 4.79 Å². The van der Waals surface area contributed by atoms with Crippen molar-refractivity contribution in [3.05, 3.63) is 41.9 Å². The molecule has 1 unspecified atom stereocenters. The van der Waals surface area contributed by atoms with Gasteiger partial charge in [0, 0.05) is 23.8 Å². The van der Waals surface area contributed by atoms with Crippen molar-refractivity contribution < 1.29 is 4.79 Å². The molecule has 0 radical (unpaired) electrons. The van der Waals surface area contributed by atoms with E-state index in [0.717, 1.165) is 44.5 Å². The summed E-state index contributed by atoms with van der Waals surface area (Å²) in [6.45, 7) is 7.68. The van der Waals surface area contributed by atoms with Crippen molar-refractivity contribution >= 4 is 23.3 Å². The van der Waals surface area contributed by atoms with Gasteiger partial charge in [-0.3, -0.25) is 4.90 Å². The Labute approximate surface area is 132 Å². The quantitative estimate of drug-likeness (QED) is 0.722. The van der Waals surface area contributed by atoms with E-state index in [1.165, 1.54) is 0 Å². The minimum atomic E-state index is 0.0302. The average molecular weight is 307 g/mol. The number of carbonyl (C=O) groups is 1. The van der Waals surface area contributed by atoms with Crippen LogP contribution in [-0.2, 0) is 0 Å². The number of benzene rings is 1. The lowest BCUT2D eigenvalue weighted by molar-refractivity contribution is 0.207. The van der Waals surface area contributed by atoms with Crippen LogP contribution in [0.4, 0.5) is 10.5 Å². The molecule has 2 rings (SSSR count). The summed E-state index contributed by atoms with van der Waals surface area (Å²) in [7, 11) is 0. The van der Waals surface area contributed by atoms with Gasteiger partial charge in [-0.1, -0.05) is 37.1 Å². The van der Waals surface area contributed by atoms with Gasteiger partial charge < -0.3 is 4.90 Å². The Bertz CT molecular complexity index is 503. The number of unbranched alkanes of at least 4 members (excludes halogenated alkanes) is 1. The molecule has 0 aliphatic carbocycles. The van der Waals surface area contributed by atoms with Crippen molar-refractivity contribution in [3.63, 3.8) is 0 Å². The van der Waals surface area contributed by atoms with Gasteiger partial charge in [0.05, 0.1) is 6.04 Å². The summed E-state index contributed by atoms with van der Waals surface area (Å²) in [5.74, 6) is 0. The zero-order chi connectivity index (χ0) is 15.2. The van der Waals surface area contributed by atoms with Gasteiger partial charge in [-0.2, -0.15) is 0 Å². The van der Waals surface area contributed by atoms with E-state index in [4.69, 9.17) is 11.6 Å². The number of hydrogen-bond donors (Lipinski definition) is 0. The Kier molecular flexibility index (Phi) is 5.68. The second kappa shape index (κ2) is 7.51. The summed E-state index contributed by atoms with van der Waals surface area (Å²) in [5, 5.41) is 0.646. The second-order valence-corrected chi connectivity index (χ2v) is 5.85. The lowest BCUT2D eigenvalue weighted by Crippen LogP contribution is -2.45. The zero-order valence-electron chi connectivity index (χ0n) is 12.6. The number of urea groups is 1. The van der Waals surface area contributed by atoms with Crippen molar-refractivity contribution in [1.29, 1.82) is 0 Å². The molecule has 1 aliphatic heterocycles. The predicted molar refractivity (Wildman–Crippen MR) is 89.0 cm³/mol. The highest BCUT2D eigenvalue weighted by atomic mass is 35.5. The van der Waals surface area contributed by atoms with E-state index in [-0.39, 0.29) is 12.1 Å². The van der Waals surface area contributed by atoms with E-state index < -0.39 is 0 Å². The first-order chi connectivity index (χ1) is 10.2. The highest BCUT2D eigenvalue weighted by Gasteiger charge is 2.30. The number of nitrogens with zero attached hydrogens (tertiary/aromatic N) is 2. The van der Waals surface area contributed by atoms with E-state index in [1.54, 1.807) is 0 Å². The minimum absolute atomic E-state index is 0.0302. The van der Waals surface area contributed by atoms with Gasteiger partial charge in [-0.05, 0) is 37.5 Å². The molecule has 1 heterocycles. The molecule has 1 fully saturated rings. The highest BCUT2D eigenvalue weighted by molar-refractivity contribution is 6.30. The number of amides is 2. The van der Waals surface area contributed by atoms with E-state index in [1.807, 2.05) is 40.1 Å². The van der Waals surface area contributed by atoms with Crippen molar-refractivity contribution in [1.82, 2.24) is 4.90 Å². The zero-order valence-corrected chi connectivity index (χ0v) is 13.4. The molecule has 0 bridgehead atoms. The summed E-state index contributed by atoms with van der Waals surface area (Å²) >= 11 is 6.09. The Balaban J connectivity index is 2.31. The first kappa shape index (κ1) is 15.9. The van der Waals surface area contributed by atoms with Crippen LogP contribution >= 0.6 is 11.6 Å². The number of carbonyl (C=O) groups excluding carboxylic acids is 1. The molecular weight excluding hydrogens is 284 g/mol. The van der Waals surface area contributed by atoms with Gasteiger partial charge >= 0.3 is 6.03 Å². The van der Waals surface area contributed by atoms with E-state index in [0.29, 0.717) is 5.02 Å². The van der Waals surface area contributed by atoms with Gasteiger partial charge in [0.2, 0.25) is 0 Å². The molecule has 3 nitrogen and oxygen atoms in total. The molecule has 1 saturated heterocycles. The molecule has 4 heteroatoms. The van der Waals surface area contributed by atoms with E-state index >= 15 is 0 Å². The van der Waals surface area contributed by atoms with Crippen molar-refractivity contribution in [2.45, 2.75) is 38.6 Å². The van der Waals surface area contributed by atoms with E-state index in [2.05, 4.69) is 13.5 Å². The third-order valence-electron chi connectivity index (χ3n) is 3.88. The first-order valence-electron chi connectivity index (χ1n) is 7.63. The molecule has 1 aromatic rings. The van der Waals surface area contributed by atoms with Gasteiger partial charge in [0.1, 0.15) is 0 Å². The van der Waals surface area contributed by atoms with Crippen LogP contribution in [0.2, 0.25) is 5.02 Å². The summed E-state index contributed by atoms with van der Waals surface area (Å²) in [6, 6.07) is 7.58. The Morgan fingerprint density at radius 1 is 1.48 bits per heavy atom. The lowest BCUT2D eigenvalue weighted by atomic mass is 10.1. The fourth-order valence-electron chi connectivity index (χ4n) is 2.72. The normalized spacial score (nSPS) is 19.5. The van der Waals surface area contributed by atoms with Crippen LogP contribution in [0.15, 0.2) is 36.9 Å². The summed E-state index contributed by atoms with van der Waals surface area (Å²) in [4.78, 5) is 16.7. The topological polar surface area (TPSA) is 23.6 Å². The molecule has 0 spiro atoms. The van der Waals surface area contributed by atoms with Gasteiger partial charge in [-0.15, -0.1) is 6.58 Å². The van der Waals surface area contributed by atoms with Crippen molar-refractivity contribution in [2.24, 2.45) is 0 Å². The highest BCUT2D eigenvalue weighted by Crippen LogP contribution is 2.27. The summed E-state index contributed by atoms with van der Waals surface area (Å²) < 4.78 is 0. The molecule has 1 aromatic carbocycles. The Hall–Kier alpha value is -1.48. The van der Waals surface area contributed by atoms with Gasteiger partial charge in [0.15, 0.2) is 0 Å². The number of halogens is 1. The maximum absolute atomic E-state index is 12.9. The van der Waals surface area contributed by atoms with Crippen LogP contribution in [0, 0.1) is 0 Å². The van der Waals surface area contributed by atoms with Gasteiger partial charge in [0.25, 0.3) is 0 Å². The largest absolute Gasteiger partial charge is 0.325 e. The molecule has 2 amide bonds. The monoisotopic (exact) mass is 306 g/mol. The lowest BCUT2D eigenvalue weighted by Gasteiger charge is -2.31. The SMILES string of the molecule is C=CC1CCCN(CCCC)C(=O)N1c1cccc(Cl)c1. The summed E-state index contributed by atoms with van der Waals surface area (Å²) in [6.07, 6.45) is 5.93. The average Bonchev–Trinajstić information content (AvgIpc) is 2.64. The molecule has 114 valence electrons. The van der Waals surface area contributed by atoms with Crippen LogP contribution in [0.25, 0.3) is 0 Å². The number of rotatable bonds is 5. The molecule has 0 N–H and O–H groups in total. The first-order valence-corrected chi connectivity index (χ1v) is 8.01. The van der Waals surface area contributed by atoms with Crippen molar-refractivity contribution in [2.75, 3.05) is 18.0 Å². The van der Waals surface area contributed by atoms with Crippen LogP contribution < -0.4 is 4.90 Å². The minimum Gasteiger partial charge on any atom is -0.324 e. The Morgan fingerprint density at radius 2 is 2.29 bits per heavy atom. The van der Waals surface area contributed by atoms with Gasteiger partial charge in [-0.25, -0.2) is 4.79 Å².